The second-order valence-corrected chi connectivity index (χ2v) is 8.86. The molecule has 3 rings (SSSR count). The molecular weight excluding hydrogens is 420 g/mol. The molecule has 1 aliphatic heterocycles. The van der Waals surface area contributed by atoms with E-state index in [0.717, 1.165) is 18.4 Å². The Labute approximate surface area is 185 Å². The van der Waals surface area contributed by atoms with Crippen molar-refractivity contribution >= 4 is 51.7 Å². The summed E-state index contributed by atoms with van der Waals surface area (Å²) >= 11 is 6.57. The van der Waals surface area contributed by atoms with Crippen LogP contribution in [0.3, 0.4) is 0 Å². The fraction of sp³-hybridized carbons (Fsp3) is 0.429. The summed E-state index contributed by atoms with van der Waals surface area (Å²) in [6, 6.07) is 3.41. The summed E-state index contributed by atoms with van der Waals surface area (Å²) in [5.74, 6) is 0.168. The molecule has 0 bridgehead atoms. The van der Waals surface area contributed by atoms with Gasteiger partial charge in [-0.1, -0.05) is 50.3 Å². The predicted octanol–water partition coefficient (Wildman–Crippen LogP) is 3.19. The number of amides is 1. The minimum Gasteiger partial charge on any atom is -0.394 e. The highest BCUT2D eigenvalue weighted by molar-refractivity contribution is 8.26. The highest BCUT2D eigenvalue weighted by Gasteiger charge is 2.32. The molecule has 0 radical (unpaired) electrons. The molecule has 30 heavy (non-hydrogen) atoms. The van der Waals surface area contributed by atoms with Crippen LogP contribution in [0.5, 0.6) is 0 Å². The van der Waals surface area contributed by atoms with Gasteiger partial charge in [-0.15, -0.1) is 0 Å². The number of anilines is 1. The lowest BCUT2D eigenvalue weighted by atomic mass is 10.2. The first-order chi connectivity index (χ1) is 14.4. The first kappa shape index (κ1) is 22.5. The molecule has 1 fully saturated rings. The molecule has 3 heterocycles. The molecule has 2 aromatic rings. The van der Waals surface area contributed by atoms with Gasteiger partial charge < -0.3 is 10.4 Å². The number of carbonyl (C=O) groups is 1. The third-order valence-electron chi connectivity index (χ3n) is 5.02. The first-order valence-electron chi connectivity index (χ1n) is 10.1. The highest BCUT2D eigenvalue weighted by Crippen LogP contribution is 2.33. The number of pyridine rings is 1. The molecule has 160 valence electrons. The van der Waals surface area contributed by atoms with Gasteiger partial charge in [0.2, 0.25) is 0 Å². The molecule has 2 N–H and O–H groups in total. The lowest BCUT2D eigenvalue weighted by Crippen LogP contribution is -2.29. The van der Waals surface area contributed by atoms with Gasteiger partial charge in [-0.3, -0.25) is 18.9 Å². The number of hydrogen-bond acceptors (Lipinski definition) is 7. The van der Waals surface area contributed by atoms with E-state index in [4.69, 9.17) is 12.2 Å². The summed E-state index contributed by atoms with van der Waals surface area (Å²) in [5, 5.41) is 12.8. The maximum Gasteiger partial charge on any atom is 0.267 e. The normalized spacial score (nSPS) is 16.7. The van der Waals surface area contributed by atoms with Gasteiger partial charge >= 0.3 is 0 Å². The van der Waals surface area contributed by atoms with Gasteiger partial charge in [0.15, 0.2) is 0 Å². The third-order valence-corrected chi connectivity index (χ3v) is 6.40. The molecule has 1 unspecified atom stereocenters. The molecule has 2 aromatic heterocycles. The minimum absolute atomic E-state index is 0.0934. The van der Waals surface area contributed by atoms with Crippen molar-refractivity contribution in [1.29, 1.82) is 0 Å². The molecule has 0 spiro atoms. The number of aliphatic hydroxyl groups excluding tert-OH is 1. The molecule has 9 heteroatoms. The summed E-state index contributed by atoms with van der Waals surface area (Å²) in [7, 11) is 0. The predicted molar refractivity (Wildman–Crippen MR) is 126 cm³/mol. The van der Waals surface area contributed by atoms with Crippen LogP contribution in [0, 0.1) is 6.92 Å². The van der Waals surface area contributed by atoms with Crippen molar-refractivity contribution in [2.24, 2.45) is 0 Å². The topological polar surface area (TPSA) is 86.9 Å². The van der Waals surface area contributed by atoms with Crippen molar-refractivity contribution < 1.29 is 9.90 Å². The van der Waals surface area contributed by atoms with Crippen molar-refractivity contribution in [3.63, 3.8) is 0 Å². The number of aryl methyl sites for hydroxylation is 1. The summed E-state index contributed by atoms with van der Waals surface area (Å²) in [4.78, 5) is 32.8. The molecule has 0 aromatic carbocycles. The maximum absolute atomic E-state index is 13.3. The fourth-order valence-electron chi connectivity index (χ4n) is 3.16. The average Bonchev–Trinajstić information content (AvgIpc) is 3.00. The lowest BCUT2D eigenvalue weighted by molar-refractivity contribution is -0.122. The van der Waals surface area contributed by atoms with Crippen molar-refractivity contribution in [1.82, 2.24) is 14.3 Å². The van der Waals surface area contributed by atoms with Gasteiger partial charge in [0.25, 0.3) is 11.5 Å². The van der Waals surface area contributed by atoms with E-state index in [2.05, 4.69) is 17.2 Å². The summed E-state index contributed by atoms with van der Waals surface area (Å²) in [6.07, 6.45) is 5.71. The number of aliphatic hydroxyl groups is 1. The van der Waals surface area contributed by atoms with Gasteiger partial charge in [-0.2, -0.15) is 0 Å². The van der Waals surface area contributed by atoms with Gasteiger partial charge in [0.05, 0.1) is 23.1 Å². The summed E-state index contributed by atoms with van der Waals surface area (Å²) in [5.41, 5.74) is 1.39. The maximum atomic E-state index is 13.3. The van der Waals surface area contributed by atoms with Gasteiger partial charge in [0.1, 0.15) is 15.8 Å². The largest absolute Gasteiger partial charge is 0.394 e. The number of rotatable bonds is 8. The minimum atomic E-state index is -0.280. The number of thioether (sulfide) groups is 1. The van der Waals surface area contributed by atoms with E-state index in [0.29, 0.717) is 33.7 Å². The Kier molecular flexibility index (Phi) is 7.27. The number of aromatic nitrogens is 2. The number of unbranched alkanes of at least 4 members (excludes halogenated alkanes) is 1. The number of fused-ring (bicyclic) bond motifs is 1. The number of nitrogens with one attached hydrogen (secondary N) is 1. The lowest BCUT2D eigenvalue weighted by Gasteiger charge is -2.17. The third kappa shape index (κ3) is 4.43. The standard InChI is InChI=1S/C21H26N4O3S2/c1-4-6-9-25-20(28)16(30-21(25)29)11-15-17(22-14(5-2)12-26)23-18-13(3)8-7-10-24(18)19(15)27/h7-8,10-11,14,22,26H,4-6,9,12H2,1-3H3/b16-11-. The molecule has 0 saturated carbocycles. The monoisotopic (exact) mass is 446 g/mol. The van der Waals surface area contributed by atoms with Crippen molar-refractivity contribution in [2.45, 2.75) is 46.1 Å². The van der Waals surface area contributed by atoms with E-state index in [-0.39, 0.29) is 29.7 Å². The molecule has 1 atom stereocenters. The average molecular weight is 447 g/mol. The molecule has 1 saturated heterocycles. The number of thiocarbonyl (C=S) groups is 1. The first-order valence-corrected chi connectivity index (χ1v) is 11.3. The van der Waals surface area contributed by atoms with Gasteiger partial charge in [0, 0.05) is 12.7 Å². The molecule has 1 aliphatic rings. The Morgan fingerprint density at radius 3 is 2.80 bits per heavy atom. The molecular formula is C21H26N4O3S2. The van der Waals surface area contributed by atoms with E-state index >= 15 is 0 Å². The Balaban J connectivity index is 2.13. The van der Waals surface area contributed by atoms with E-state index < -0.39 is 0 Å². The number of nitrogens with zero attached hydrogens (tertiary/aromatic N) is 3. The van der Waals surface area contributed by atoms with Gasteiger partial charge in [-0.05, 0) is 37.5 Å². The highest BCUT2D eigenvalue weighted by atomic mass is 32.2. The van der Waals surface area contributed by atoms with Crippen LogP contribution in [0.1, 0.15) is 44.2 Å². The SMILES string of the molecule is CCCCN1C(=O)/C(=C/c2c(NC(CC)CO)nc3c(C)cccn3c2=O)SC1=S. The second kappa shape index (κ2) is 9.72. The van der Waals surface area contributed by atoms with Crippen LogP contribution >= 0.6 is 24.0 Å². The molecule has 1 amide bonds. The Hall–Kier alpha value is -2.23. The van der Waals surface area contributed by atoms with Crippen LogP contribution in [-0.2, 0) is 4.79 Å². The molecule has 0 aliphatic carbocycles. The van der Waals surface area contributed by atoms with E-state index in [9.17, 15) is 14.7 Å². The quantitative estimate of drug-likeness (QED) is 0.476. The van der Waals surface area contributed by atoms with E-state index in [1.807, 2.05) is 19.9 Å². The van der Waals surface area contributed by atoms with Crippen molar-refractivity contribution in [3.05, 3.63) is 44.7 Å². The van der Waals surface area contributed by atoms with Crippen LogP contribution in [0.25, 0.3) is 11.7 Å². The van der Waals surface area contributed by atoms with Crippen molar-refractivity contribution in [3.8, 4) is 0 Å². The van der Waals surface area contributed by atoms with E-state index in [1.165, 1.54) is 16.2 Å². The number of hydrogen-bond donors (Lipinski definition) is 2. The smallest absolute Gasteiger partial charge is 0.267 e. The summed E-state index contributed by atoms with van der Waals surface area (Å²) < 4.78 is 1.98. The summed E-state index contributed by atoms with van der Waals surface area (Å²) in [6.45, 7) is 6.35. The van der Waals surface area contributed by atoms with Crippen molar-refractivity contribution in [2.75, 3.05) is 18.5 Å². The van der Waals surface area contributed by atoms with Crippen LogP contribution in [-0.4, -0.2) is 48.8 Å². The van der Waals surface area contributed by atoms with Crippen LogP contribution in [0.2, 0.25) is 0 Å². The zero-order valence-electron chi connectivity index (χ0n) is 17.3. The zero-order chi connectivity index (χ0) is 21.8. The zero-order valence-corrected chi connectivity index (χ0v) is 19.0. The number of carbonyl (C=O) groups excluding carboxylic acids is 1. The van der Waals surface area contributed by atoms with E-state index in [1.54, 1.807) is 23.2 Å². The van der Waals surface area contributed by atoms with Crippen LogP contribution < -0.4 is 10.9 Å². The van der Waals surface area contributed by atoms with Crippen LogP contribution in [0.4, 0.5) is 5.82 Å². The second-order valence-electron chi connectivity index (χ2n) is 7.18. The Morgan fingerprint density at radius 2 is 2.13 bits per heavy atom. The Bertz CT molecular complexity index is 1060. The van der Waals surface area contributed by atoms with Gasteiger partial charge in [-0.25, -0.2) is 4.98 Å². The molecule has 7 nitrogen and oxygen atoms in total. The Morgan fingerprint density at radius 1 is 1.37 bits per heavy atom. The van der Waals surface area contributed by atoms with Crippen LogP contribution in [0.15, 0.2) is 28.0 Å². The fourth-order valence-corrected chi connectivity index (χ4v) is 4.45.